The number of hydrogen-bond acceptors (Lipinski definition) is 3. The van der Waals surface area contributed by atoms with Crippen molar-refractivity contribution < 1.29 is 9.53 Å². The van der Waals surface area contributed by atoms with Gasteiger partial charge >= 0.3 is 0 Å². The molecule has 5 heteroatoms. The van der Waals surface area contributed by atoms with Crippen LogP contribution in [0, 0.1) is 0 Å². The lowest BCUT2D eigenvalue weighted by atomic mass is 10.3. The molecule has 0 radical (unpaired) electrons. The number of rotatable bonds is 3. The Bertz CT molecular complexity index is 558. The summed E-state index contributed by atoms with van der Waals surface area (Å²) < 4.78 is 5.45. The van der Waals surface area contributed by atoms with Crippen molar-refractivity contribution >= 4 is 29.5 Å². The molecule has 0 fully saturated rings. The molecule has 1 heterocycles. The summed E-state index contributed by atoms with van der Waals surface area (Å²) in [5, 5.41) is 0.823. The smallest absolute Gasteiger partial charge is 0.229 e. The van der Waals surface area contributed by atoms with Crippen LogP contribution in [-0.2, 0) is 0 Å². The topological polar surface area (TPSA) is 39.2 Å². The molecule has 0 spiro atoms. The first kappa shape index (κ1) is 11.9. The summed E-state index contributed by atoms with van der Waals surface area (Å²) in [6, 6.07) is 8.10. The van der Waals surface area contributed by atoms with Crippen molar-refractivity contribution in [1.82, 2.24) is 4.98 Å². The van der Waals surface area contributed by atoms with Crippen molar-refractivity contribution in [2.45, 2.75) is 0 Å². The van der Waals surface area contributed by atoms with Gasteiger partial charge in [-0.3, -0.25) is 4.79 Å². The van der Waals surface area contributed by atoms with Gasteiger partial charge in [0.05, 0.1) is 15.6 Å². The first-order valence-electron chi connectivity index (χ1n) is 4.74. The summed E-state index contributed by atoms with van der Waals surface area (Å²) in [7, 11) is 0. The second kappa shape index (κ2) is 5.17. The van der Waals surface area contributed by atoms with E-state index >= 15 is 0 Å². The monoisotopic (exact) mass is 267 g/mol. The molecule has 0 aliphatic rings. The molecule has 0 aliphatic carbocycles. The Morgan fingerprint density at radius 3 is 2.71 bits per heavy atom. The molecule has 17 heavy (non-hydrogen) atoms. The quantitative estimate of drug-likeness (QED) is 0.790. The maximum atomic E-state index is 10.8. The summed E-state index contributed by atoms with van der Waals surface area (Å²) in [6.45, 7) is 0. The van der Waals surface area contributed by atoms with Gasteiger partial charge in [0.25, 0.3) is 0 Å². The minimum atomic E-state index is 0.237. The highest BCUT2D eigenvalue weighted by Crippen LogP contribution is 2.29. The summed E-state index contributed by atoms with van der Waals surface area (Å²) in [6.07, 6.45) is 2.22. The lowest BCUT2D eigenvalue weighted by Crippen LogP contribution is -1.93. The van der Waals surface area contributed by atoms with E-state index in [-0.39, 0.29) is 5.88 Å². The van der Waals surface area contributed by atoms with Gasteiger partial charge in [-0.05, 0) is 24.3 Å². The maximum absolute atomic E-state index is 10.8. The zero-order chi connectivity index (χ0) is 12.3. The Hall–Kier alpha value is -1.58. The second-order valence-electron chi connectivity index (χ2n) is 3.19. The summed E-state index contributed by atoms with van der Waals surface area (Å²) >= 11 is 11.6. The molecular formula is C12H7Cl2NO2. The highest BCUT2D eigenvalue weighted by Gasteiger charge is 2.06. The molecule has 86 valence electrons. The Morgan fingerprint density at radius 2 is 2.00 bits per heavy atom. The Balaban J connectivity index is 2.31. The molecule has 1 aromatic heterocycles. The minimum Gasteiger partial charge on any atom is -0.438 e. The molecule has 2 rings (SSSR count). The number of benzene rings is 1. The lowest BCUT2D eigenvalue weighted by Gasteiger charge is -2.06. The van der Waals surface area contributed by atoms with Crippen LogP contribution in [0.25, 0.3) is 0 Å². The molecular weight excluding hydrogens is 261 g/mol. The summed E-state index contributed by atoms with van der Waals surface area (Å²) in [5.74, 6) is 0.710. The SMILES string of the molecule is O=Cc1cccnc1Oc1ccc(Cl)c(Cl)c1. The van der Waals surface area contributed by atoms with Gasteiger partial charge in [0.2, 0.25) is 5.88 Å². The van der Waals surface area contributed by atoms with Crippen molar-refractivity contribution in [2.75, 3.05) is 0 Å². The van der Waals surface area contributed by atoms with Gasteiger partial charge in [0, 0.05) is 12.3 Å². The number of carbonyl (C=O) groups is 1. The van der Waals surface area contributed by atoms with Gasteiger partial charge < -0.3 is 4.74 Å². The van der Waals surface area contributed by atoms with Gasteiger partial charge in [0.15, 0.2) is 6.29 Å². The molecule has 0 aliphatic heterocycles. The number of hydrogen-bond donors (Lipinski definition) is 0. The van der Waals surface area contributed by atoms with Crippen LogP contribution in [0.15, 0.2) is 36.5 Å². The predicted molar refractivity (Wildman–Crippen MR) is 66.2 cm³/mol. The summed E-state index contributed by atoms with van der Waals surface area (Å²) in [5.41, 5.74) is 0.374. The van der Waals surface area contributed by atoms with Crippen molar-refractivity contribution in [3.05, 3.63) is 52.1 Å². The van der Waals surface area contributed by atoms with E-state index in [1.54, 1.807) is 36.5 Å². The van der Waals surface area contributed by atoms with Crippen LogP contribution in [0.3, 0.4) is 0 Å². The van der Waals surface area contributed by atoms with E-state index in [0.717, 1.165) is 0 Å². The number of carbonyl (C=O) groups excluding carboxylic acids is 1. The average Bonchev–Trinajstić information content (AvgIpc) is 2.34. The Labute approximate surface area is 108 Å². The molecule has 0 unspecified atom stereocenters. The van der Waals surface area contributed by atoms with Crippen molar-refractivity contribution in [2.24, 2.45) is 0 Å². The normalized spacial score (nSPS) is 10.0. The fourth-order valence-corrected chi connectivity index (χ4v) is 1.52. The van der Waals surface area contributed by atoms with E-state index in [1.165, 1.54) is 0 Å². The van der Waals surface area contributed by atoms with Crippen LogP contribution in [0.5, 0.6) is 11.6 Å². The molecule has 0 saturated carbocycles. The van der Waals surface area contributed by atoms with Crippen LogP contribution in [-0.4, -0.2) is 11.3 Å². The number of nitrogens with zero attached hydrogens (tertiary/aromatic N) is 1. The van der Waals surface area contributed by atoms with Crippen molar-refractivity contribution in [1.29, 1.82) is 0 Å². The first-order chi connectivity index (χ1) is 8.20. The number of ether oxygens (including phenoxy) is 1. The van der Waals surface area contributed by atoms with Crippen molar-refractivity contribution in [3.8, 4) is 11.6 Å². The third kappa shape index (κ3) is 2.75. The molecule has 0 saturated heterocycles. The standard InChI is InChI=1S/C12H7Cl2NO2/c13-10-4-3-9(6-11(10)14)17-12-8(7-16)2-1-5-15-12/h1-7H. The van der Waals surface area contributed by atoms with Crippen LogP contribution in [0.1, 0.15) is 10.4 Å². The van der Waals surface area contributed by atoms with E-state index < -0.39 is 0 Å². The number of pyridine rings is 1. The van der Waals surface area contributed by atoms with E-state index in [4.69, 9.17) is 27.9 Å². The van der Waals surface area contributed by atoms with Crippen LogP contribution >= 0.6 is 23.2 Å². The third-order valence-electron chi connectivity index (χ3n) is 2.03. The van der Waals surface area contributed by atoms with Gasteiger partial charge in [-0.1, -0.05) is 23.2 Å². The Morgan fingerprint density at radius 1 is 1.18 bits per heavy atom. The van der Waals surface area contributed by atoms with Gasteiger partial charge in [-0.15, -0.1) is 0 Å². The van der Waals surface area contributed by atoms with Crippen LogP contribution in [0.2, 0.25) is 10.0 Å². The molecule has 1 aromatic carbocycles. The highest BCUT2D eigenvalue weighted by molar-refractivity contribution is 6.42. The second-order valence-corrected chi connectivity index (χ2v) is 4.01. The number of aldehydes is 1. The Kier molecular flexibility index (Phi) is 3.61. The summed E-state index contributed by atoms with van der Waals surface area (Å²) in [4.78, 5) is 14.7. The van der Waals surface area contributed by atoms with Gasteiger partial charge in [-0.25, -0.2) is 4.98 Å². The van der Waals surface area contributed by atoms with E-state index in [9.17, 15) is 4.79 Å². The van der Waals surface area contributed by atoms with E-state index in [1.807, 2.05) is 0 Å². The third-order valence-corrected chi connectivity index (χ3v) is 2.77. The zero-order valence-corrected chi connectivity index (χ0v) is 10.1. The predicted octanol–water partition coefficient (Wildman–Crippen LogP) is 3.99. The molecule has 0 bridgehead atoms. The van der Waals surface area contributed by atoms with Gasteiger partial charge in [-0.2, -0.15) is 0 Å². The lowest BCUT2D eigenvalue weighted by molar-refractivity contribution is 0.112. The number of halogens is 2. The fourth-order valence-electron chi connectivity index (χ4n) is 1.23. The molecule has 0 atom stereocenters. The van der Waals surface area contributed by atoms with E-state index in [2.05, 4.69) is 4.98 Å². The molecule has 0 amide bonds. The molecule has 0 N–H and O–H groups in total. The van der Waals surface area contributed by atoms with Gasteiger partial charge in [0.1, 0.15) is 5.75 Å². The van der Waals surface area contributed by atoms with Crippen LogP contribution < -0.4 is 4.74 Å². The number of aromatic nitrogens is 1. The minimum absolute atomic E-state index is 0.237. The molecule has 3 nitrogen and oxygen atoms in total. The highest BCUT2D eigenvalue weighted by atomic mass is 35.5. The maximum Gasteiger partial charge on any atom is 0.229 e. The first-order valence-corrected chi connectivity index (χ1v) is 5.49. The fraction of sp³-hybridized carbons (Fsp3) is 0. The van der Waals surface area contributed by atoms with Crippen molar-refractivity contribution in [3.63, 3.8) is 0 Å². The molecule has 2 aromatic rings. The van der Waals surface area contributed by atoms with E-state index in [0.29, 0.717) is 27.6 Å². The average molecular weight is 268 g/mol. The largest absolute Gasteiger partial charge is 0.438 e. The van der Waals surface area contributed by atoms with Crippen LogP contribution in [0.4, 0.5) is 0 Å². The zero-order valence-electron chi connectivity index (χ0n) is 8.56.